The van der Waals surface area contributed by atoms with Gasteiger partial charge in [-0.2, -0.15) is 5.26 Å². The number of carboxylic acid groups (broad SMARTS) is 1. The predicted octanol–water partition coefficient (Wildman–Crippen LogP) is 2.99. The summed E-state index contributed by atoms with van der Waals surface area (Å²) in [4.78, 5) is 23.5. The van der Waals surface area contributed by atoms with Crippen LogP contribution < -0.4 is 10.4 Å². The first kappa shape index (κ1) is 18.6. The third kappa shape index (κ3) is 4.14. The SMILES string of the molecule is N#C/C(=C\c1ccc(-c2ccccc2C(=O)[O-])o1)C(=O)Nc1ccc(F)cc1. The Balaban J connectivity index is 1.85. The molecule has 0 fully saturated rings. The maximum absolute atomic E-state index is 12.9. The number of hydrogen-bond donors (Lipinski definition) is 1. The van der Waals surface area contributed by atoms with E-state index in [0.29, 0.717) is 11.3 Å². The number of benzene rings is 2. The van der Waals surface area contributed by atoms with Gasteiger partial charge in [0.1, 0.15) is 29.0 Å². The van der Waals surface area contributed by atoms with Crippen molar-refractivity contribution in [2.75, 3.05) is 5.32 Å². The second kappa shape index (κ2) is 8.01. The smallest absolute Gasteiger partial charge is 0.266 e. The number of carboxylic acids is 1. The second-order valence-electron chi connectivity index (χ2n) is 5.67. The largest absolute Gasteiger partial charge is 0.545 e. The average molecular weight is 375 g/mol. The Hall–Kier alpha value is -4.18. The van der Waals surface area contributed by atoms with Gasteiger partial charge < -0.3 is 19.6 Å². The fraction of sp³-hybridized carbons (Fsp3) is 0. The number of carbonyl (C=O) groups excluding carboxylic acids is 2. The van der Waals surface area contributed by atoms with E-state index < -0.39 is 17.7 Å². The summed E-state index contributed by atoms with van der Waals surface area (Å²) >= 11 is 0. The van der Waals surface area contributed by atoms with Gasteiger partial charge in [0, 0.05) is 22.9 Å². The number of anilines is 1. The highest BCUT2D eigenvalue weighted by Crippen LogP contribution is 2.26. The van der Waals surface area contributed by atoms with E-state index in [-0.39, 0.29) is 22.7 Å². The van der Waals surface area contributed by atoms with Crippen LogP contribution in [-0.2, 0) is 4.79 Å². The fourth-order valence-corrected chi connectivity index (χ4v) is 2.47. The van der Waals surface area contributed by atoms with Crippen LogP contribution in [0.1, 0.15) is 16.1 Å². The molecule has 0 saturated heterocycles. The number of carbonyl (C=O) groups is 2. The molecular weight excluding hydrogens is 363 g/mol. The molecule has 1 N–H and O–H groups in total. The van der Waals surface area contributed by atoms with Crippen LogP contribution in [0, 0.1) is 17.1 Å². The molecule has 0 aliphatic heterocycles. The summed E-state index contributed by atoms with van der Waals surface area (Å²) < 4.78 is 18.5. The van der Waals surface area contributed by atoms with Crippen LogP contribution in [0.15, 0.2) is 70.7 Å². The predicted molar refractivity (Wildman–Crippen MR) is 97.1 cm³/mol. The summed E-state index contributed by atoms with van der Waals surface area (Å²) in [5.41, 5.74) is 0.368. The highest BCUT2D eigenvalue weighted by molar-refractivity contribution is 6.09. The lowest BCUT2D eigenvalue weighted by Crippen LogP contribution is -2.22. The lowest BCUT2D eigenvalue weighted by atomic mass is 10.1. The molecule has 3 aromatic rings. The number of halogens is 1. The number of nitrogens with zero attached hydrogens (tertiary/aromatic N) is 1. The monoisotopic (exact) mass is 375 g/mol. The highest BCUT2D eigenvalue weighted by atomic mass is 19.1. The lowest BCUT2D eigenvalue weighted by molar-refractivity contribution is -0.254. The molecule has 138 valence electrons. The van der Waals surface area contributed by atoms with Crippen molar-refractivity contribution in [2.24, 2.45) is 0 Å². The van der Waals surface area contributed by atoms with E-state index >= 15 is 0 Å². The van der Waals surface area contributed by atoms with Gasteiger partial charge in [0.05, 0.1) is 5.97 Å². The molecule has 0 radical (unpaired) electrons. The van der Waals surface area contributed by atoms with Crippen molar-refractivity contribution in [3.8, 4) is 17.4 Å². The Morgan fingerprint density at radius 2 is 1.79 bits per heavy atom. The molecule has 6 nitrogen and oxygen atoms in total. The third-order valence-electron chi connectivity index (χ3n) is 3.79. The number of rotatable bonds is 5. The number of amides is 1. The van der Waals surface area contributed by atoms with Crippen molar-refractivity contribution in [1.82, 2.24) is 0 Å². The molecule has 3 rings (SSSR count). The van der Waals surface area contributed by atoms with Gasteiger partial charge in [-0.1, -0.05) is 24.3 Å². The van der Waals surface area contributed by atoms with Gasteiger partial charge in [-0.25, -0.2) is 4.39 Å². The molecule has 0 unspecified atom stereocenters. The number of hydrogen-bond acceptors (Lipinski definition) is 5. The molecule has 0 bridgehead atoms. The van der Waals surface area contributed by atoms with Gasteiger partial charge in [0.15, 0.2) is 0 Å². The molecule has 1 aromatic heterocycles. The van der Waals surface area contributed by atoms with E-state index in [4.69, 9.17) is 4.42 Å². The van der Waals surface area contributed by atoms with Crippen LogP contribution in [0.25, 0.3) is 17.4 Å². The highest BCUT2D eigenvalue weighted by Gasteiger charge is 2.13. The normalized spacial score (nSPS) is 10.9. The zero-order valence-corrected chi connectivity index (χ0v) is 14.3. The quantitative estimate of drug-likeness (QED) is 0.545. The lowest BCUT2D eigenvalue weighted by Gasteiger charge is -2.07. The molecule has 0 aliphatic carbocycles. The Morgan fingerprint density at radius 1 is 1.07 bits per heavy atom. The zero-order valence-electron chi connectivity index (χ0n) is 14.3. The first-order valence-electron chi connectivity index (χ1n) is 8.07. The summed E-state index contributed by atoms with van der Waals surface area (Å²) in [6.07, 6.45) is 1.23. The Morgan fingerprint density at radius 3 is 2.46 bits per heavy atom. The van der Waals surface area contributed by atoms with Gasteiger partial charge in [-0.3, -0.25) is 4.79 Å². The molecule has 1 heterocycles. The molecule has 0 spiro atoms. The van der Waals surface area contributed by atoms with Crippen LogP contribution in [0.2, 0.25) is 0 Å². The first-order valence-corrected chi connectivity index (χ1v) is 8.07. The van der Waals surface area contributed by atoms with Crippen molar-refractivity contribution in [3.05, 3.63) is 83.4 Å². The first-order chi connectivity index (χ1) is 13.5. The van der Waals surface area contributed by atoms with Crippen molar-refractivity contribution in [1.29, 1.82) is 5.26 Å². The summed E-state index contributed by atoms with van der Waals surface area (Å²) in [6.45, 7) is 0. The fourth-order valence-electron chi connectivity index (χ4n) is 2.47. The molecule has 1 amide bonds. The molecule has 0 atom stereocenters. The second-order valence-corrected chi connectivity index (χ2v) is 5.67. The van der Waals surface area contributed by atoms with Gasteiger partial charge in [0.2, 0.25) is 0 Å². The third-order valence-corrected chi connectivity index (χ3v) is 3.79. The van der Waals surface area contributed by atoms with Crippen molar-refractivity contribution < 1.29 is 23.5 Å². The maximum atomic E-state index is 12.9. The molecule has 0 saturated carbocycles. The van der Waals surface area contributed by atoms with E-state index in [0.717, 1.165) is 0 Å². The van der Waals surface area contributed by atoms with Gasteiger partial charge in [0.25, 0.3) is 5.91 Å². The van der Waals surface area contributed by atoms with Crippen LogP contribution in [0.4, 0.5) is 10.1 Å². The maximum Gasteiger partial charge on any atom is 0.266 e. The standard InChI is InChI=1S/C21H13FN2O4/c22-14-5-7-15(8-6-14)24-20(25)13(12-23)11-16-9-10-19(28-16)17-3-1-2-4-18(17)21(26)27/h1-11H,(H,24,25)(H,26,27)/p-1/b13-11+. The van der Waals surface area contributed by atoms with Crippen molar-refractivity contribution >= 4 is 23.6 Å². The van der Waals surface area contributed by atoms with Crippen LogP contribution in [-0.4, -0.2) is 11.9 Å². The van der Waals surface area contributed by atoms with Crippen LogP contribution in [0.5, 0.6) is 0 Å². The van der Waals surface area contributed by atoms with Crippen LogP contribution >= 0.6 is 0 Å². The number of nitriles is 1. The van der Waals surface area contributed by atoms with Crippen LogP contribution in [0.3, 0.4) is 0 Å². The minimum absolute atomic E-state index is 0.0399. The summed E-state index contributed by atoms with van der Waals surface area (Å²) in [7, 11) is 0. The minimum atomic E-state index is -1.35. The van der Waals surface area contributed by atoms with Gasteiger partial charge in [-0.05, 0) is 36.4 Å². The van der Waals surface area contributed by atoms with Gasteiger partial charge in [-0.15, -0.1) is 0 Å². The number of nitrogens with one attached hydrogen (secondary N) is 1. The number of aromatic carboxylic acids is 1. The van der Waals surface area contributed by atoms with E-state index in [1.807, 2.05) is 0 Å². The topological polar surface area (TPSA) is 106 Å². The summed E-state index contributed by atoms with van der Waals surface area (Å²) in [6, 6.07) is 16.1. The Labute approximate surface area is 159 Å². The van der Waals surface area contributed by atoms with Crippen molar-refractivity contribution in [2.45, 2.75) is 0 Å². The van der Waals surface area contributed by atoms with Gasteiger partial charge >= 0.3 is 0 Å². The van der Waals surface area contributed by atoms with E-state index in [1.54, 1.807) is 24.3 Å². The zero-order chi connectivity index (χ0) is 20.1. The molecule has 7 heteroatoms. The molecule has 0 aliphatic rings. The molecule has 28 heavy (non-hydrogen) atoms. The van der Waals surface area contributed by atoms with E-state index in [9.17, 15) is 24.3 Å². The number of furan rings is 1. The molecule has 2 aromatic carbocycles. The summed E-state index contributed by atoms with van der Waals surface area (Å²) in [5, 5.41) is 23.0. The molecular formula is C21H12FN2O4-. The summed E-state index contributed by atoms with van der Waals surface area (Å²) in [5.74, 6) is -2.05. The van der Waals surface area contributed by atoms with E-state index in [2.05, 4.69) is 5.32 Å². The van der Waals surface area contributed by atoms with E-state index in [1.165, 1.54) is 48.5 Å². The average Bonchev–Trinajstić information content (AvgIpc) is 3.16. The Kier molecular flexibility index (Phi) is 5.33. The Bertz CT molecular complexity index is 1110. The minimum Gasteiger partial charge on any atom is -0.545 e. The van der Waals surface area contributed by atoms with Crippen molar-refractivity contribution in [3.63, 3.8) is 0 Å².